The van der Waals surface area contributed by atoms with Crippen LogP contribution >= 0.6 is 0 Å². The van der Waals surface area contributed by atoms with Crippen molar-refractivity contribution in [3.63, 3.8) is 0 Å². The third-order valence-electron chi connectivity index (χ3n) is 3.81. The second-order valence-corrected chi connectivity index (χ2v) is 5.33. The van der Waals surface area contributed by atoms with E-state index in [1.54, 1.807) is 0 Å². The van der Waals surface area contributed by atoms with E-state index >= 15 is 0 Å². The van der Waals surface area contributed by atoms with Gasteiger partial charge in [0.1, 0.15) is 0 Å². The van der Waals surface area contributed by atoms with Crippen LogP contribution in [0.3, 0.4) is 0 Å². The smallest absolute Gasteiger partial charge is 0.389 e. The fourth-order valence-corrected chi connectivity index (χ4v) is 2.68. The van der Waals surface area contributed by atoms with Crippen molar-refractivity contribution in [2.75, 3.05) is 26.2 Å². The SMILES string of the molecule is Oc1ccc([C@@H](CCC(F)(F)F)N2CCNCC2)c(O)c1O. The first kappa shape index (κ1) is 16.7. The van der Waals surface area contributed by atoms with Gasteiger partial charge in [0.2, 0.25) is 5.75 Å². The number of hydrogen-bond donors (Lipinski definition) is 4. The molecule has 4 N–H and O–H groups in total. The number of hydrogen-bond acceptors (Lipinski definition) is 5. The number of phenolic OH excluding ortho intramolecular Hbond substituents is 3. The standard InChI is InChI=1S/C14H19F3N2O3/c15-14(16,17)4-3-10(19-7-5-18-6-8-19)9-1-2-11(20)13(22)12(9)21/h1-2,10,18,20-22H,3-8H2/t10-/m1/s1. The average Bonchev–Trinajstić information content (AvgIpc) is 2.47. The van der Waals surface area contributed by atoms with Crippen LogP contribution < -0.4 is 5.32 Å². The minimum atomic E-state index is -4.29. The van der Waals surface area contributed by atoms with Crippen LogP contribution in [0.1, 0.15) is 24.4 Å². The molecule has 0 saturated carbocycles. The molecule has 1 aromatic rings. The van der Waals surface area contributed by atoms with Gasteiger partial charge in [-0.15, -0.1) is 0 Å². The van der Waals surface area contributed by atoms with Crippen LogP contribution in [0.15, 0.2) is 12.1 Å². The van der Waals surface area contributed by atoms with E-state index in [9.17, 15) is 28.5 Å². The zero-order chi connectivity index (χ0) is 16.3. The molecule has 22 heavy (non-hydrogen) atoms. The number of rotatable bonds is 4. The molecule has 0 aliphatic carbocycles. The van der Waals surface area contributed by atoms with E-state index in [2.05, 4.69) is 5.32 Å². The molecule has 2 rings (SSSR count). The van der Waals surface area contributed by atoms with E-state index in [1.807, 2.05) is 4.90 Å². The summed E-state index contributed by atoms with van der Waals surface area (Å²) >= 11 is 0. The third kappa shape index (κ3) is 3.95. The monoisotopic (exact) mass is 320 g/mol. The Bertz CT molecular complexity index is 517. The number of halogens is 3. The van der Waals surface area contributed by atoms with Crippen LogP contribution in [0, 0.1) is 0 Å². The Morgan fingerprint density at radius 3 is 2.32 bits per heavy atom. The predicted molar refractivity (Wildman–Crippen MR) is 73.9 cm³/mol. The quantitative estimate of drug-likeness (QED) is 0.639. The van der Waals surface area contributed by atoms with E-state index in [0.717, 1.165) is 0 Å². The van der Waals surface area contributed by atoms with Crippen molar-refractivity contribution in [2.45, 2.75) is 25.1 Å². The molecule has 0 radical (unpaired) electrons. The highest BCUT2D eigenvalue weighted by molar-refractivity contribution is 5.54. The Morgan fingerprint density at radius 2 is 1.73 bits per heavy atom. The molecule has 0 spiro atoms. The summed E-state index contributed by atoms with van der Waals surface area (Å²) in [5.41, 5.74) is 0.196. The molecule has 8 heteroatoms. The summed E-state index contributed by atoms with van der Waals surface area (Å²) in [6.07, 6.45) is -5.50. The highest BCUT2D eigenvalue weighted by atomic mass is 19.4. The van der Waals surface area contributed by atoms with E-state index < -0.39 is 35.9 Å². The lowest BCUT2D eigenvalue weighted by Crippen LogP contribution is -2.45. The first-order valence-corrected chi connectivity index (χ1v) is 7.05. The topological polar surface area (TPSA) is 76.0 Å². The summed E-state index contributed by atoms with van der Waals surface area (Å²) in [7, 11) is 0. The Morgan fingerprint density at radius 1 is 1.09 bits per heavy atom. The summed E-state index contributed by atoms with van der Waals surface area (Å²) < 4.78 is 37.7. The first-order valence-electron chi connectivity index (χ1n) is 7.05. The maximum atomic E-state index is 12.6. The maximum absolute atomic E-state index is 12.6. The number of phenols is 3. The van der Waals surface area contributed by atoms with E-state index in [0.29, 0.717) is 26.2 Å². The molecule has 0 bridgehead atoms. The molecule has 0 amide bonds. The zero-order valence-corrected chi connectivity index (χ0v) is 11.9. The zero-order valence-electron chi connectivity index (χ0n) is 11.9. The van der Waals surface area contributed by atoms with Crippen LogP contribution in [-0.2, 0) is 0 Å². The van der Waals surface area contributed by atoms with Gasteiger partial charge < -0.3 is 20.6 Å². The number of nitrogens with zero attached hydrogens (tertiary/aromatic N) is 1. The van der Waals surface area contributed by atoms with Crippen LogP contribution in [0.5, 0.6) is 17.2 Å². The van der Waals surface area contributed by atoms with Gasteiger partial charge in [-0.2, -0.15) is 13.2 Å². The minimum absolute atomic E-state index is 0.196. The fraction of sp³-hybridized carbons (Fsp3) is 0.571. The number of piperazine rings is 1. The summed E-state index contributed by atoms with van der Waals surface area (Å²) in [5, 5.41) is 32.1. The number of alkyl halides is 3. The van der Waals surface area contributed by atoms with Crippen LogP contribution in [0.2, 0.25) is 0 Å². The minimum Gasteiger partial charge on any atom is -0.504 e. The van der Waals surface area contributed by atoms with E-state index in [1.165, 1.54) is 12.1 Å². The molecular weight excluding hydrogens is 301 g/mol. The van der Waals surface area contributed by atoms with Gasteiger partial charge in [0.15, 0.2) is 11.5 Å². The first-order chi connectivity index (χ1) is 10.3. The van der Waals surface area contributed by atoms with Gasteiger partial charge >= 0.3 is 6.18 Å². The van der Waals surface area contributed by atoms with Crippen LogP contribution in [0.25, 0.3) is 0 Å². The fourth-order valence-electron chi connectivity index (χ4n) is 2.68. The second-order valence-electron chi connectivity index (χ2n) is 5.33. The Labute approximate surface area is 126 Å². The Balaban J connectivity index is 2.28. The molecule has 1 aliphatic rings. The molecule has 1 saturated heterocycles. The largest absolute Gasteiger partial charge is 0.504 e. The van der Waals surface area contributed by atoms with Gasteiger partial charge in [-0.3, -0.25) is 4.90 Å². The van der Waals surface area contributed by atoms with Crippen LogP contribution in [0.4, 0.5) is 13.2 Å². The summed E-state index contributed by atoms with van der Waals surface area (Å²) in [4.78, 5) is 1.84. The molecular formula is C14H19F3N2O3. The van der Waals surface area contributed by atoms with Crippen LogP contribution in [-0.4, -0.2) is 52.6 Å². The summed E-state index contributed by atoms with van der Waals surface area (Å²) in [6.45, 7) is 2.38. The van der Waals surface area contributed by atoms with E-state index in [4.69, 9.17) is 0 Å². The van der Waals surface area contributed by atoms with Crippen molar-refractivity contribution in [1.29, 1.82) is 0 Å². The molecule has 1 aromatic carbocycles. The Kier molecular flexibility index (Phi) is 5.02. The summed E-state index contributed by atoms with van der Waals surface area (Å²) in [6, 6.07) is 1.86. The lowest BCUT2D eigenvalue weighted by atomic mass is 9.97. The molecule has 124 valence electrons. The van der Waals surface area contributed by atoms with Crippen molar-refractivity contribution in [3.8, 4) is 17.2 Å². The highest BCUT2D eigenvalue weighted by Crippen LogP contribution is 2.43. The lowest BCUT2D eigenvalue weighted by molar-refractivity contribution is -0.138. The molecule has 1 fully saturated rings. The predicted octanol–water partition coefficient (Wildman–Crippen LogP) is 2.09. The highest BCUT2D eigenvalue weighted by Gasteiger charge is 2.33. The maximum Gasteiger partial charge on any atom is 0.389 e. The molecule has 1 atom stereocenters. The van der Waals surface area contributed by atoms with E-state index in [-0.39, 0.29) is 12.0 Å². The second kappa shape index (κ2) is 6.62. The van der Waals surface area contributed by atoms with Gasteiger partial charge in [0, 0.05) is 44.2 Å². The average molecular weight is 320 g/mol. The Hall–Kier alpha value is -1.67. The molecule has 1 aliphatic heterocycles. The van der Waals surface area contributed by atoms with Gasteiger partial charge in [-0.25, -0.2) is 0 Å². The van der Waals surface area contributed by atoms with Crippen molar-refractivity contribution in [3.05, 3.63) is 17.7 Å². The third-order valence-corrected chi connectivity index (χ3v) is 3.81. The molecule has 0 unspecified atom stereocenters. The molecule has 1 heterocycles. The van der Waals surface area contributed by atoms with Gasteiger partial charge in [0.05, 0.1) is 0 Å². The molecule has 5 nitrogen and oxygen atoms in total. The lowest BCUT2D eigenvalue weighted by Gasteiger charge is -2.35. The van der Waals surface area contributed by atoms with Gasteiger partial charge in [0.25, 0.3) is 0 Å². The van der Waals surface area contributed by atoms with Crippen molar-refractivity contribution >= 4 is 0 Å². The van der Waals surface area contributed by atoms with Crippen molar-refractivity contribution in [1.82, 2.24) is 10.2 Å². The number of nitrogens with one attached hydrogen (secondary N) is 1. The number of benzene rings is 1. The molecule has 0 aromatic heterocycles. The van der Waals surface area contributed by atoms with Crippen molar-refractivity contribution < 1.29 is 28.5 Å². The number of aromatic hydroxyl groups is 3. The van der Waals surface area contributed by atoms with Gasteiger partial charge in [-0.1, -0.05) is 0 Å². The van der Waals surface area contributed by atoms with Crippen molar-refractivity contribution in [2.24, 2.45) is 0 Å². The van der Waals surface area contributed by atoms with Gasteiger partial charge in [-0.05, 0) is 18.6 Å². The summed E-state index contributed by atoms with van der Waals surface area (Å²) in [5.74, 6) is -1.77. The normalized spacial score (nSPS) is 18.3.